The van der Waals surface area contributed by atoms with Gasteiger partial charge in [0.05, 0.1) is 5.75 Å². The molecule has 0 saturated carbocycles. The van der Waals surface area contributed by atoms with Crippen molar-refractivity contribution in [3.63, 3.8) is 0 Å². The van der Waals surface area contributed by atoms with E-state index in [-0.39, 0.29) is 30.0 Å². The van der Waals surface area contributed by atoms with E-state index in [1.54, 1.807) is 6.92 Å². The van der Waals surface area contributed by atoms with Crippen LogP contribution >= 0.6 is 0 Å². The lowest BCUT2D eigenvalue weighted by Crippen LogP contribution is -2.69. The zero-order chi connectivity index (χ0) is 16.4. The average molecular weight is 318 g/mol. The second-order valence-electron chi connectivity index (χ2n) is 6.45. The van der Waals surface area contributed by atoms with Gasteiger partial charge in [-0.15, -0.1) is 0 Å². The lowest BCUT2D eigenvalue weighted by molar-refractivity contribution is -0.154. The van der Waals surface area contributed by atoms with Gasteiger partial charge in [0.15, 0.2) is 0 Å². The van der Waals surface area contributed by atoms with Gasteiger partial charge in [-0.05, 0) is 25.7 Å². The Hall–Kier alpha value is -1.11. The van der Waals surface area contributed by atoms with Crippen LogP contribution in [0.3, 0.4) is 0 Å². The van der Waals surface area contributed by atoms with Gasteiger partial charge in [0.25, 0.3) is 0 Å². The standard InChI is InChI=1S/C14H26N2O4S/c1-6-14(4)13(18)16(7-8-21(5,19)20)11(9-10(2)3)12(17)15-14/h10-11H,6-9H2,1-5H3,(H,15,17). The number of hydrogen-bond acceptors (Lipinski definition) is 4. The molecule has 1 aliphatic rings. The Morgan fingerprint density at radius 2 is 1.90 bits per heavy atom. The van der Waals surface area contributed by atoms with Gasteiger partial charge in [-0.1, -0.05) is 20.8 Å². The molecule has 0 spiro atoms. The van der Waals surface area contributed by atoms with E-state index >= 15 is 0 Å². The van der Waals surface area contributed by atoms with E-state index in [1.807, 2.05) is 20.8 Å². The van der Waals surface area contributed by atoms with Crippen LogP contribution < -0.4 is 5.32 Å². The van der Waals surface area contributed by atoms with E-state index in [4.69, 9.17) is 0 Å². The summed E-state index contributed by atoms with van der Waals surface area (Å²) < 4.78 is 22.8. The summed E-state index contributed by atoms with van der Waals surface area (Å²) >= 11 is 0. The molecule has 1 rings (SSSR count). The van der Waals surface area contributed by atoms with Crippen molar-refractivity contribution in [2.45, 2.75) is 52.1 Å². The van der Waals surface area contributed by atoms with Gasteiger partial charge in [0.2, 0.25) is 11.8 Å². The zero-order valence-electron chi connectivity index (χ0n) is 13.5. The highest BCUT2D eigenvalue weighted by molar-refractivity contribution is 7.90. The number of nitrogens with one attached hydrogen (secondary N) is 1. The van der Waals surface area contributed by atoms with Gasteiger partial charge in [-0.25, -0.2) is 8.42 Å². The Bertz CT molecular complexity index is 515. The van der Waals surface area contributed by atoms with Gasteiger partial charge < -0.3 is 10.2 Å². The van der Waals surface area contributed by atoms with Crippen LogP contribution in [-0.4, -0.2) is 55.3 Å². The summed E-state index contributed by atoms with van der Waals surface area (Å²) in [5, 5.41) is 2.80. The number of amides is 2. The molecule has 2 atom stereocenters. The first-order valence-corrected chi connectivity index (χ1v) is 9.37. The first-order chi connectivity index (χ1) is 9.50. The minimum absolute atomic E-state index is 0.0675. The quantitative estimate of drug-likeness (QED) is 0.776. The fraction of sp³-hybridized carbons (Fsp3) is 0.857. The molecular weight excluding hydrogens is 292 g/mol. The maximum atomic E-state index is 12.6. The average Bonchev–Trinajstić information content (AvgIpc) is 2.33. The largest absolute Gasteiger partial charge is 0.340 e. The van der Waals surface area contributed by atoms with Crippen LogP contribution in [0.15, 0.2) is 0 Å². The maximum absolute atomic E-state index is 12.6. The molecule has 0 aromatic carbocycles. The molecule has 2 amide bonds. The van der Waals surface area contributed by atoms with Gasteiger partial charge in [-0.2, -0.15) is 0 Å². The molecule has 0 bridgehead atoms. The van der Waals surface area contributed by atoms with Crippen LogP contribution in [0.25, 0.3) is 0 Å². The van der Waals surface area contributed by atoms with E-state index in [0.717, 1.165) is 6.26 Å². The molecule has 1 aliphatic heterocycles. The number of piperazine rings is 1. The van der Waals surface area contributed by atoms with Crippen molar-refractivity contribution in [1.29, 1.82) is 0 Å². The monoisotopic (exact) mass is 318 g/mol. The van der Waals surface area contributed by atoms with Crippen molar-refractivity contribution in [2.75, 3.05) is 18.6 Å². The number of carbonyl (C=O) groups is 2. The third-order valence-corrected chi connectivity index (χ3v) is 4.84. The first-order valence-electron chi connectivity index (χ1n) is 7.31. The maximum Gasteiger partial charge on any atom is 0.248 e. The normalized spacial score (nSPS) is 27.1. The summed E-state index contributed by atoms with van der Waals surface area (Å²) in [5.41, 5.74) is -0.942. The van der Waals surface area contributed by atoms with E-state index in [0.29, 0.717) is 12.8 Å². The summed E-state index contributed by atoms with van der Waals surface area (Å²) in [7, 11) is -3.19. The zero-order valence-corrected chi connectivity index (χ0v) is 14.3. The van der Waals surface area contributed by atoms with Crippen molar-refractivity contribution in [3.05, 3.63) is 0 Å². The summed E-state index contributed by atoms with van der Waals surface area (Å²) in [6.07, 6.45) is 2.14. The molecule has 1 saturated heterocycles. The smallest absolute Gasteiger partial charge is 0.248 e. The fourth-order valence-electron chi connectivity index (χ4n) is 2.45. The van der Waals surface area contributed by atoms with E-state index in [1.165, 1.54) is 4.90 Å². The third kappa shape index (κ3) is 4.43. The topological polar surface area (TPSA) is 83.6 Å². The first kappa shape index (κ1) is 17.9. The molecule has 7 heteroatoms. The van der Waals surface area contributed by atoms with Crippen molar-refractivity contribution in [1.82, 2.24) is 10.2 Å². The predicted molar refractivity (Wildman–Crippen MR) is 81.5 cm³/mol. The highest BCUT2D eigenvalue weighted by atomic mass is 32.2. The SMILES string of the molecule is CCC1(C)NC(=O)C(CC(C)C)N(CCS(C)(=O)=O)C1=O. The Morgan fingerprint density at radius 1 is 1.33 bits per heavy atom. The van der Waals surface area contributed by atoms with Crippen LogP contribution in [0.5, 0.6) is 0 Å². The minimum atomic E-state index is -3.19. The van der Waals surface area contributed by atoms with E-state index < -0.39 is 21.4 Å². The van der Waals surface area contributed by atoms with E-state index in [2.05, 4.69) is 5.32 Å². The lowest BCUT2D eigenvalue weighted by Gasteiger charge is -2.44. The minimum Gasteiger partial charge on any atom is -0.340 e. The summed E-state index contributed by atoms with van der Waals surface area (Å²) in [6.45, 7) is 7.53. The van der Waals surface area contributed by atoms with Gasteiger partial charge in [0, 0.05) is 12.8 Å². The third-order valence-electron chi connectivity index (χ3n) is 3.92. The Morgan fingerprint density at radius 3 is 2.33 bits per heavy atom. The molecule has 1 fully saturated rings. The number of rotatable bonds is 6. The van der Waals surface area contributed by atoms with Gasteiger partial charge >= 0.3 is 0 Å². The molecule has 0 aliphatic carbocycles. The van der Waals surface area contributed by atoms with Crippen LogP contribution in [0.2, 0.25) is 0 Å². The number of hydrogen-bond donors (Lipinski definition) is 1. The number of carbonyl (C=O) groups excluding carboxylic acids is 2. The molecule has 0 aromatic rings. The second kappa shape index (κ2) is 6.34. The van der Waals surface area contributed by atoms with Gasteiger partial charge in [0.1, 0.15) is 21.4 Å². The molecule has 0 radical (unpaired) electrons. The lowest BCUT2D eigenvalue weighted by atomic mass is 9.89. The Kier molecular flexibility index (Phi) is 5.41. The second-order valence-corrected chi connectivity index (χ2v) is 8.71. The van der Waals surface area contributed by atoms with Crippen molar-refractivity contribution in [2.24, 2.45) is 5.92 Å². The summed E-state index contributed by atoms with van der Waals surface area (Å²) in [6, 6.07) is -0.584. The fourth-order valence-corrected chi connectivity index (χ4v) is 2.98. The number of nitrogens with zero attached hydrogens (tertiary/aromatic N) is 1. The molecule has 0 aromatic heterocycles. The Balaban J connectivity index is 3.05. The Labute approximate surface area is 127 Å². The predicted octanol–water partition coefficient (Wildman–Crippen LogP) is 0.573. The van der Waals surface area contributed by atoms with E-state index in [9.17, 15) is 18.0 Å². The molecular formula is C14H26N2O4S. The molecule has 6 nitrogen and oxygen atoms in total. The highest BCUT2D eigenvalue weighted by Gasteiger charge is 2.46. The van der Waals surface area contributed by atoms with Crippen LogP contribution in [0, 0.1) is 5.92 Å². The molecule has 1 heterocycles. The van der Waals surface area contributed by atoms with Crippen molar-refractivity contribution in [3.8, 4) is 0 Å². The number of sulfone groups is 1. The summed E-state index contributed by atoms with van der Waals surface area (Å²) in [5.74, 6) is -0.277. The van der Waals surface area contributed by atoms with Crippen LogP contribution in [0.1, 0.15) is 40.5 Å². The summed E-state index contributed by atoms with van der Waals surface area (Å²) in [4.78, 5) is 26.4. The molecule has 122 valence electrons. The van der Waals surface area contributed by atoms with Gasteiger partial charge in [-0.3, -0.25) is 9.59 Å². The highest BCUT2D eigenvalue weighted by Crippen LogP contribution is 2.24. The van der Waals surface area contributed by atoms with Crippen LogP contribution in [-0.2, 0) is 19.4 Å². The van der Waals surface area contributed by atoms with Crippen LogP contribution in [0.4, 0.5) is 0 Å². The molecule has 21 heavy (non-hydrogen) atoms. The van der Waals surface area contributed by atoms with Crippen molar-refractivity contribution < 1.29 is 18.0 Å². The van der Waals surface area contributed by atoms with Crippen molar-refractivity contribution >= 4 is 21.7 Å². The molecule has 2 unspecified atom stereocenters. The molecule has 1 N–H and O–H groups in total.